The third-order valence-corrected chi connectivity index (χ3v) is 1.60. The molecule has 0 aliphatic carbocycles. The molecule has 0 heterocycles. The minimum absolute atomic E-state index is 1.01. The molecule has 0 saturated heterocycles. The van der Waals surface area contributed by atoms with E-state index in [1.165, 1.54) is 12.8 Å². The van der Waals surface area contributed by atoms with Gasteiger partial charge in [-0.15, -0.1) is 0 Å². The Morgan fingerprint density at radius 3 is 3.08 bits per heavy atom. The van der Waals surface area contributed by atoms with Gasteiger partial charge in [0.1, 0.15) is 0 Å². The average molecular weight is 157 g/mol. The van der Waals surface area contributed by atoms with Crippen LogP contribution in [0.2, 0.25) is 0 Å². The highest BCUT2D eigenvalue weighted by atomic mass is 13.8. The van der Waals surface area contributed by atoms with Gasteiger partial charge in [-0.1, -0.05) is 37.3 Å². The first kappa shape index (κ1) is 8.87. The molecule has 0 spiro atoms. The Morgan fingerprint density at radius 1 is 1.50 bits per heavy atom. The predicted molar refractivity (Wildman–Crippen MR) is 51.7 cm³/mol. The van der Waals surface area contributed by atoms with Crippen LogP contribution in [0.3, 0.4) is 0 Å². The quantitative estimate of drug-likeness (QED) is 0.457. The van der Waals surface area contributed by atoms with Crippen molar-refractivity contribution in [2.75, 3.05) is 0 Å². The Labute approximate surface area is 74.6 Å². The van der Waals surface area contributed by atoms with E-state index < -0.39 is 0 Å². The number of benzene rings is 1. The van der Waals surface area contributed by atoms with Gasteiger partial charge in [-0.3, -0.25) is 0 Å². The first-order chi connectivity index (χ1) is 5.93. The van der Waals surface area contributed by atoms with Crippen LogP contribution in [0.1, 0.15) is 31.7 Å². The van der Waals surface area contributed by atoms with Gasteiger partial charge in [0.15, 0.2) is 0 Å². The van der Waals surface area contributed by atoms with Crippen molar-refractivity contribution in [2.45, 2.75) is 26.2 Å². The Kier molecular flexibility index (Phi) is 4.02. The molecule has 0 heteroatoms. The summed E-state index contributed by atoms with van der Waals surface area (Å²) in [7, 11) is 0. The van der Waals surface area contributed by atoms with Crippen molar-refractivity contribution >= 4 is 0 Å². The van der Waals surface area contributed by atoms with Crippen LogP contribution in [0, 0.1) is 17.9 Å². The molecular weight excluding hydrogens is 144 g/mol. The van der Waals surface area contributed by atoms with Crippen molar-refractivity contribution in [3.63, 3.8) is 0 Å². The molecule has 0 atom stereocenters. The second-order valence-corrected chi connectivity index (χ2v) is 2.70. The number of hydrogen-bond donors (Lipinski definition) is 0. The van der Waals surface area contributed by atoms with Crippen LogP contribution >= 0.6 is 0 Å². The van der Waals surface area contributed by atoms with E-state index in [9.17, 15) is 0 Å². The molecule has 1 aromatic carbocycles. The fourth-order valence-electron chi connectivity index (χ4n) is 0.901. The highest BCUT2D eigenvalue weighted by Gasteiger charge is 1.81. The Balaban J connectivity index is 2.44. The van der Waals surface area contributed by atoms with Gasteiger partial charge < -0.3 is 0 Å². The summed E-state index contributed by atoms with van der Waals surface area (Å²) in [4.78, 5) is 0. The van der Waals surface area contributed by atoms with Crippen LogP contribution in [0.25, 0.3) is 0 Å². The van der Waals surface area contributed by atoms with Crippen molar-refractivity contribution in [3.05, 3.63) is 35.9 Å². The van der Waals surface area contributed by atoms with Gasteiger partial charge in [-0.25, -0.2) is 0 Å². The van der Waals surface area contributed by atoms with E-state index >= 15 is 0 Å². The lowest BCUT2D eigenvalue weighted by Crippen LogP contribution is -1.72. The zero-order chi connectivity index (χ0) is 8.65. The number of unbranched alkanes of at least 4 members (excludes halogenated alkanes) is 2. The van der Waals surface area contributed by atoms with Crippen LogP contribution in [0.15, 0.2) is 24.3 Å². The van der Waals surface area contributed by atoms with E-state index in [-0.39, 0.29) is 0 Å². The lowest BCUT2D eigenvalue weighted by atomic mass is 10.2. The standard InChI is InChI=1S/C12H13/c1-2-3-4-6-9-12-10-7-5-8-11-12/h5,7,10-11H,2-4H2,1H3. The maximum atomic E-state index is 3.13. The van der Waals surface area contributed by atoms with E-state index in [2.05, 4.69) is 24.8 Å². The minimum atomic E-state index is 1.01. The van der Waals surface area contributed by atoms with Gasteiger partial charge in [0.25, 0.3) is 0 Å². The van der Waals surface area contributed by atoms with Crippen molar-refractivity contribution < 1.29 is 0 Å². The minimum Gasteiger partial charge on any atom is -0.0979 e. The Hall–Kier alpha value is -1.22. The largest absolute Gasteiger partial charge is 0.0979 e. The number of rotatable bonds is 2. The van der Waals surface area contributed by atoms with Gasteiger partial charge in [0, 0.05) is 12.0 Å². The molecule has 0 bridgehead atoms. The van der Waals surface area contributed by atoms with Gasteiger partial charge in [-0.2, -0.15) is 0 Å². The van der Waals surface area contributed by atoms with E-state index in [4.69, 9.17) is 0 Å². The molecule has 1 rings (SSSR count). The molecule has 0 aliphatic heterocycles. The Morgan fingerprint density at radius 2 is 2.42 bits per heavy atom. The lowest BCUT2D eigenvalue weighted by Gasteiger charge is -1.86. The van der Waals surface area contributed by atoms with Gasteiger partial charge >= 0.3 is 0 Å². The molecule has 0 fully saturated rings. The zero-order valence-corrected chi connectivity index (χ0v) is 7.43. The van der Waals surface area contributed by atoms with Crippen LogP contribution in [-0.2, 0) is 0 Å². The second kappa shape index (κ2) is 5.43. The summed E-state index contributed by atoms with van der Waals surface area (Å²) in [5, 5.41) is 0. The average Bonchev–Trinajstić information content (AvgIpc) is 2.14. The number of hydrogen-bond acceptors (Lipinski definition) is 0. The molecule has 0 nitrogen and oxygen atoms in total. The highest BCUT2D eigenvalue weighted by Crippen LogP contribution is 1.96. The topological polar surface area (TPSA) is 0 Å². The van der Waals surface area contributed by atoms with Gasteiger partial charge in [-0.05, 0) is 24.6 Å². The third kappa shape index (κ3) is 3.25. The van der Waals surface area contributed by atoms with Crippen molar-refractivity contribution in [2.24, 2.45) is 0 Å². The summed E-state index contributed by atoms with van der Waals surface area (Å²) >= 11 is 0. The fourth-order valence-corrected chi connectivity index (χ4v) is 0.901. The molecule has 0 aliphatic rings. The second-order valence-electron chi connectivity index (χ2n) is 2.70. The monoisotopic (exact) mass is 157 g/mol. The summed E-state index contributed by atoms with van der Waals surface area (Å²) in [6.45, 7) is 2.18. The van der Waals surface area contributed by atoms with Crippen LogP contribution < -0.4 is 0 Å². The van der Waals surface area contributed by atoms with Crippen molar-refractivity contribution in [1.29, 1.82) is 0 Å². The molecule has 61 valence electrons. The summed E-state index contributed by atoms with van der Waals surface area (Å²) in [6, 6.07) is 10.8. The third-order valence-electron chi connectivity index (χ3n) is 1.60. The lowest BCUT2D eigenvalue weighted by molar-refractivity contribution is 0.828. The molecular formula is C12H13. The maximum Gasteiger partial charge on any atom is 0.0251 e. The zero-order valence-electron chi connectivity index (χ0n) is 7.43. The van der Waals surface area contributed by atoms with E-state index in [0.717, 1.165) is 12.0 Å². The van der Waals surface area contributed by atoms with Crippen LogP contribution in [-0.4, -0.2) is 0 Å². The molecule has 0 saturated carbocycles. The predicted octanol–water partition coefficient (Wildman–Crippen LogP) is 3.03. The summed E-state index contributed by atoms with van der Waals surface area (Å²) in [5.74, 6) is 6.23. The first-order valence-corrected chi connectivity index (χ1v) is 4.38. The van der Waals surface area contributed by atoms with E-state index in [1.54, 1.807) is 0 Å². The van der Waals surface area contributed by atoms with Crippen LogP contribution in [0.5, 0.6) is 0 Å². The van der Waals surface area contributed by atoms with E-state index in [0.29, 0.717) is 0 Å². The normalized spacial score (nSPS) is 8.75. The smallest absolute Gasteiger partial charge is 0.0251 e. The van der Waals surface area contributed by atoms with Crippen molar-refractivity contribution in [3.8, 4) is 11.8 Å². The Bertz CT molecular complexity index is 261. The molecule has 0 N–H and O–H groups in total. The summed E-state index contributed by atoms with van der Waals surface area (Å²) < 4.78 is 0. The summed E-state index contributed by atoms with van der Waals surface area (Å²) in [6.07, 6.45) is 3.42. The SMILES string of the molecule is CCCCC#Cc1c[c]ccc1. The maximum absolute atomic E-state index is 3.13. The van der Waals surface area contributed by atoms with Gasteiger partial charge in [0.2, 0.25) is 0 Å². The van der Waals surface area contributed by atoms with E-state index in [1.807, 2.05) is 24.3 Å². The molecule has 0 unspecified atom stereocenters. The molecule has 0 aromatic heterocycles. The fraction of sp³-hybridized carbons (Fsp3) is 0.333. The van der Waals surface area contributed by atoms with Crippen molar-refractivity contribution in [1.82, 2.24) is 0 Å². The molecule has 0 amide bonds. The summed E-state index contributed by atoms with van der Waals surface area (Å²) in [5.41, 5.74) is 1.06. The highest BCUT2D eigenvalue weighted by molar-refractivity contribution is 5.32. The molecule has 1 aromatic rings. The van der Waals surface area contributed by atoms with Crippen LogP contribution in [0.4, 0.5) is 0 Å². The first-order valence-electron chi connectivity index (χ1n) is 4.38. The molecule has 1 radical (unpaired) electrons. The van der Waals surface area contributed by atoms with Gasteiger partial charge in [0.05, 0.1) is 0 Å². The molecule has 12 heavy (non-hydrogen) atoms.